The number of hydrogen-bond acceptors (Lipinski definition) is 3. The van der Waals surface area contributed by atoms with E-state index in [0.29, 0.717) is 6.54 Å². The van der Waals surface area contributed by atoms with Crippen molar-refractivity contribution in [3.63, 3.8) is 0 Å². The summed E-state index contributed by atoms with van der Waals surface area (Å²) in [6, 6.07) is 8.43. The van der Waals surface area contributed by atoms with Crippen LogP contribution in [0.2, 0.25) is 0 Å². The molecule has 1 fully saturated rings. The van der Waals surface area contributed by atoms with Crippen LogP contribution >= 0.6 is 0 Å². The lowest BCUT2D eigenvalue weighted by Gasteiger charge is -2.26. The smallest absolute Gasteiger partial charge is 0.0363 e. The highest BCUT2D eigenvalue weighted by Gasteiger charge is 2.14. The molecular formula is C12H18N2OS. The van der Waals surface area contributed by atoms with Crippen molar-refractivity contribution in [3.8, 4) is 0 Å². The molecule has 1 aliphatic heterocycles. The second kappa shape index (κ2) is 5.57. The molecule has 0 bridgehead atoms. The molecule has 16 heavy (non-hydrogen) atoms. The molecule has 1 saturated heterocycles. The van der Waals surface area contributed by atoms with Gasteiger partial charge in [-0.05, 0) is 11.1 Å². The summed E-state index contributed by atoms with van der Waals surface area (Å²) in [4.78, 5) is 2.36. The highest BCUT2D eigenvalue weighted by atomic mass is 32.2. The summed E-state index contributed by atoms with van der Waals surface area (Å²) < 4.78 is 11.2. The first kappa shape index (κ1) is 11.8. The Balaban J connectivity index is 1.90. The summed E-state index contributed by atoms with van der Waals surface area (Å²) in [5.74, 6) is 1.64. The minimum atomic E-state index is -0.582. The molecule has 0 amide bonds. The number of benzene rings is 1. The Kier molecular flexibility index (Phi) is 4.09. The van der Waals surface area contributed by atoms with Gasteiger partial charge in [0.2, 0.25) is 0 Å². The molecule has 1 aromatic rings. The van der Waals surface area contributed by atoms with Crippen LogP contribution in [0.3, 0.4) is 0 Å². The van der Waals surface area contributed by atoms with Crippen LogP contribution in [-0.2, 0) is 23.9 Å². The second-order valence-corrected chi connectivity index (χ2v) is 5.84. The fourth-order valence-corrected chi connectivity index (χ4v) is 3.00. The van der Waals surface area contributed by atoms with Crippen molar-refractivity contribution in [1.82, 2.24) is 4.90 Å². The van der Waals surface area contributed by atoms with Gasteiger partial charge in [-0.1, -0.05) is 24.3 Å². The lowest BCUT2D eigenvalue weighted by molar-refractivity contribution is 0.291. The monoisotopic (exact) mass is 238 g/mol. The van der Waals surface area contributed by atoms with Crippen LogP contribution in [0.1, 0.15) is 11.1 Å². The van der Waals surface area contributed by atoms with E-state index in [4.69, 9.17) is 5.73 Å². The molecule has 4 heteroatoms. The maximum atomic E-state index is 11.2. The number of rotatable bonds is 3. The van der Waals surface area contributed by atoms with Crippen molar-refractivity contribution in [2.24, 2.45) is 5.73 Å². The molecule has 1 aromatic carbocycles. The molecule has 3 nitrogen and oxygen atoms in total. The second-order valence-electron chi connectivity index (χ2n) is 4.14. The van der Waals surface area contributed by atoms with Crippen molar-refractivity contribution in [2.75, 3.05) is 24.6 Å². The van der Waals surface area contributed by atoms with Gasteiger partial charge in [0, 0.05) is 48.5 Å². The molecule has 0 unspecified atom stereocenters. The van der Waals surface area contributed by atoms with Crippen LogP contribution in [0.15, 0.2) is 24.3 Å². The van der Waals surface area contributed by atoms with Crippen LogP contribution in [0.4, 0.5) is 0 Å². The Morgan fingerprint density at radius 3 is 2.25 bits per heavy atom. The van der Waals surface area contributed by atoms with E-state index in [1.54, 1.807) is 0 Å². The maximum Gasteiger partial charge on any atom is 0.0363 e. The van der Waals surface area contributed by atoms with E-state index in [9.17, 15) is 4.21 Å². The molecule has 1 aliphatic rings. The normalized spacial score (nSPS) is 18.8. The van der Waals surface area contributed by atoms with Crippen LogP contribution in [0.5, 0.6) is 0 Å². The summed E-state index contributed by atoms with van der Waals surface area (Å²) in [7, 11) is -0.582. The van der Waals surface area contributed by atoms with E-state index >= 15 is 0 Å². The van der Waals surface area contributed by atoms with E-state index in [0.717, 1.165) is 31.1 Å². The van der Waals surface area contributed by atoms with Crippen molar-refractivity contribution in [2.45, 2.75) is 13.1 Å². The first-order valence-corrected chi connectivity index (χ1v) is 7.12. The zero-order chi connectivity index (χ0) is 11.4. The fourth-order valence-electron chi connectivity index (χ4n) is 1.87. The van der Waals surface area contributed by atoms with E-state index in [1.165, 1.54) is 11.1 Å². The Morgan fingerprint density at radius 2 is 1.69 bits per heavy atom. The van der Waals surface area contributed by atoms with Crippen LogP contribution in [-0.4, -0.2) is 33.7 Å². The lowest BCUT2D eigenvalue weighted by atomic mass is 10.1. The predicted molar refractivity (Wildman–Crippen MR) is 67.5 cm³/mol. The molecule has 0 saturated carbocycles. The molecule has 0 aromatic heterocycles. The third kappa shape index (κ3) is 3.14. The summed E-state index contributed by atoms with van der Waals surface area (Å²) in [6.07, 6.45) is 0. The van der Waals surface area contributed by atoms with E-state index in [1.807, 2.05) is 0 Å². The zero-order valence-corrected chi connectivity index (χ0v) is 10.2. The number of nitrogens with zero attached hydrogens (tertiary/aromatic N) is 1. The molecule has 1 heterocycles. The van der Waals surface area contributed by atoms with Gasteiger partial charge in [-0.2, -0.15) is 0 Å². The topological polar surface area (TPSA) is 46.3 Å². The van der Waals surface area contributed by atoms with Gasteiger partial charge < -0.3 is 5.73 Å². The van der Waals surface area contributed by atoms with Gasteiger partial charge in [-0.3, -0.25) is 9.11 Å². The summed E-state index contributed by atoms with van der Waals surface area (Å²) in [5.41, 5.74) is 8.04. The van der Waals surface area contributed by atoms with Gasteiger partial charge in [0.1, 0.15) is 0 Å². The van der Waals surface area contributed by atoms with Gasteiger partial charge in [-0.25, -0.2) is 0 Å². The Bertz CT molecular complexity index is 354. The van der Waals surface area contributed by atoms with Crippen LogP contribution < -0.4 is 5.73 Å². The predicted octanol–water partition coefficient (Wildman–Crippen LogP) is 0.710. The van der Waals surface area contributed by atoms with E-state index < -0.39 is 10.8 Å². The van der Waals surface area contributed by atoms with Crippen molar-refractivity contribution < 1.29 is 4.21 Å². The van der Waals surface area contributed by atoms with E-state index in [2.05, 4.69) is 29.2 Å². The average molecular weight is 238 g/mol. The number of hydrogen-bond donors (Lipinski definition) is 1. The number of nitrogens with two attached hydrogens (primary N) is 1. The highest BCUT2D eigenvalue weighted by Crippen LogP contribution is 2.09. The summed E-state index contributed by atoms with van der Waals surface area (Å²) in [5, 5.41) is 0. The van der Waals surface area contributed by atoms with Crippen molar-refractivity contribution in [1.29, 1.82) is 0 Å². The van der Waals surface area contributed by atoms with E-state index in [-0.39, 0.29) is 0 Å². The summed E-state index contributed by atoms with van der Waals surface area (Å²) >= 11 is 0. The SMILES string of the molecule is NCc1ccc(CN2CCS(=O)CC2)cc1. The standard InChI is InChI=1S/C12H18N2OS/c13-9-11-1-3-12(4-2-11)10-14-5-7-16(15)8-6-14/h1-4H,5-10,13H2. The molecular weight excluding hydrogens is 220 g/mol. The maximum absolute atomic E-state index is 11.2. The molecule has 2 N–H and O–H groups in total. The van der Waals surface area contributed by atoms with Gasteiger partial charge in [0.25, 0.3) is 0 Å². The minimum absolute atomic E-state index is 0.582. The largest absolute Gasteiger partial charge is 0.326 e. The Morgan fingerprint density at radius 1 is 1.12 bits per heavy atom. The lowest BCUT2D eigenvalue weighted by Crippen LogP contribution is -2.37. The van der Waals surface area contributed by atoms with Crippen molar-refractivity contribution in [3.05, 3.63) is 35.4 Å². The average Bonchev–Trinajstić information content (AvgIpc) is 2.33. The minimum Gasteiger partial charge on any atom is -0.326 e. The highest BCUT2D eigenvalue weighted by molar-refractivity contribution is 7.85. The molecule has 2 rings (SSSR count). The first-order valence-electron chi connectivity index (χ1n) is 5.63. The first-order chi connectivity index (χ1) is 7.78. The van der Waals surface area contributed by atoms with Crippen LogP contribution in [0.25, 0.3) is 0 Å². The third-order valence-electron chi connectivity index (χ3n) is 2.94. The van der Waals surface area contributed by atoms with Crippen LogP contribution in [0, 0.1) is 0 Å². The van der Waals surface area contributed by atoms with Gasteiger partial charge in [0.05, 0.1) is 0 Å². The Labute approximate surface area is 99.1 Å². The zero-order valence-electron chi connectivity index (χ0n) is 9.39. The van der Waals surface area contributed by atoms with Gasteiger partial charge in [0.15, 0.2) is 0 Å². The Hall–Kier alpha value is -0.710. The quantitative estimate of drug-likeness (QED) is 0.843. The molecule has 0 radical (unpaired) electrons. The molecule has 0 atom stereocenters. The molecule has 0 aliphatic carbocycles. The third-order valence-corrected chi connectivity index (χ3v) is 4.21. The molecule has 0 spiro atoms. The van der Waals surface area contributed by atoms with Gasteiger partial charge in [-0.15, -0.1) is 0 Å². The fraction of sp³-hybridized carbons (Fsp3) is 0.500. The van der Waals surface area contributed by atoms with Crippen molar-refractivity contribution >= 4 is 10.8 Å². The van der Waals surface area contributed by atoms with Gasteiger partial charge >= 0.3 is 0 Å². The molecule has 88 valence electrons. The summed E-state index contributed by atoms with van der Waals surface area (Å²) in [6.45, 7) is 3.46.